The van der Waals surface area contributed by atoms with E-state index in [9.17, 15) is 15.0 Å². The van der Waals surface area contributed by atoms with E-state index in [-0.39, 0.29) is 0 Å². The highest BCUT2D eigenvalue weighted by atomic mass is 32.2. The number of aliphatic hydroxyl groups is 1. The van der Waals surface area contributed by atoms with Crippen LogP contribution in [0.1, 0.15) is 38.5 Å². The quantitative estimate of drug-likeness (QED) is 0.760. The number of carbonyl (C=O) groups is 1. The van der Waals surface area contributed by atoms with E-state index in [1.165, 1.54) is 0 Å². The topological polar surface area (TPSA) is 57.5 Å². The van der Waals surface area contributed by atoms with Crippen LogP contribution >= 0.6 is 11.8 Å². The summed E-state index contributed by atoms with van der Waals surface area (Å²) in [6.45, 7) is 0. The zero-order valence-corrected chi connectivity index (χ0v) is 9.68. The van der Waals surface area contributed by atoms with E-state index in [1.54, 1.807) is 11.8 Å². The van der Waals surface area contributed by atoms with Crippen molar-refractivity contribution in [3.8, 4) is 0 Å². The maximum atomic E-state index is 11.5. The summed E-state index contributed by atoms with van der Waals surface area (Å²) >= 11 is 1.68. The summed E-state index contributed by atoms with van der Waals surface area (Å²) in [6, 6.07) is 0. The molecule has 0 spiro atoms. The second-order valence-corrected chi connectivity index (χ2v) is 5.89. The number of hydrogen-bond acceptors (Lipinski definition) is 3. The van der Waals surface area contributed by atoms with Gasteiger partial charge in [0.1, 0.15) is 0 Å². The van der Waals surface area contributed by atoms with Gasteiger partial charge in [-0.15, -0.1) is 0 Å². The van der Waals surface area contributed by atoms with Gasteiger partial charge in [0.2, 0.25) is 0 Å². The Morgan fingerprint density at radius 2 is 1.80 bits per heavy atom. The van der Waals surface area contributed by atoms with Crippen LogP contribution in [-0.4, -0.2) is 33.3 Å². The number of hydrogen-bond donors (Lipinski definition) is 2. The van der Waals surface area contributed by atoms with Gasteiger partial charge in [0.05, 0.1) is 11.0 Å². The molecule has 3 nitrogen and oxygen atoms in total. The van der Waals surface area contributed by atoms with Gasteiger partial charge in [0.15, 0.2) is 0 Å². The molecule has 2 aliphatic rings. The number of thioether (sulfide) groups is 1. The summed E-state index contributed by atoms with van der Waals surface area (Å²) in [5.41, 5.74) is -1.81. The molecule has 2 rings (SSSR count). The summed E-state index contributed by atoms with van der Waals surface area (Å²) in [7, 11) is 0. The molecular formula is C11H18O3S. The normalized spacial score (nSPS) is 35.3. The minimum absolute atomic E-state index is 0.597. The molecule has 2 N–H and O–H groups in total. The lowest BCUT2D eigenvalue weighted by molar-refractivity contribution is -0.171. The summed E-state index contributed by atoms with van der Waals surface area (Å²) in [6.07, 6.45) is 4.94. The zero-order valence-electron chi connectivity index (χ0n) is 8.87. The van der Waals surface area contributed by atoms with Crippen molar-refractivity contribution in [3.63, 3.8) is 0 Å². The van der Waals surface area contributed by atoms with E-state index < -0.39 is 17.0 Å². The highest BCUT2D eigenvalue weighted by molar-refractivity contribution is 7.99. The largest absolute Gasteiger partial charge is 0.481 e. The fourth-order valence-corrected chi connectivity index (χ4v) is 4.35. The Morgan fingerprint density at radius 1 is 1.13 bits per heavy atom. The van der Waals surface area contributed by atoms with Gasteiger partial charge in [-0.2, -0.15) is 11.8 Å². The van der Waals surface area contributed by atoms with Crippen LogP contribution in [0.25, 0.3) is 0 Å². The predicted molar refractivity (Wildman–Crippen MR) is 60.0 cm³/mol. The van der Waals surface area contributed by atoms with Gasteiger partial charge in [-0.25, -0.2) is 0 Å². The smallest absolute Gasteiger partial charge is 0.312 e. The van der Waals surface area contributed by atoms with E-state index >= 15 is 0 Å². The maximum absolute atomic E-state index is 11.5. The number of carboxylic acid groups (broad SMARTS) is 1. The minimum Gasteiger partial charge on any atom is -0.481 e. The van der Waals surface area contributed by atoms with Crippen molar-refractivity contribution < 1.29 is 15.0 Å². The van der Waals surface area contributed by atoms with Gasteiger partial charge < -0.3 is 10.2 Å². The van der Waals surface area contributed by atoms with E-state index in [0.717, 1.165) is 25.0 Å². The van der Waals surface area contributed by atoms with E-state index in [4.69, 9.17) is 0 Å². The van der Waals surface area contributed by atoms with Crippen LogP contribution in [-0.2, 0) is 4.79 Å². The van der Waals surface area contributed by atoms with Gasteiger partial charge in [0, 0.05) is 5.75 Å². The first-order chi connectivity index (χ1) is 7.11. The number of aliphatic carboxylic acids is 1. The Labute approximate surface area is 94.3 Å². The maximum Gasteiger partial charge on any atom is 0.312 e. The summed E-state index contributed by atoms with van der Waals surface area (Å²) < 4.78 is 0. The van der Waals surface area contributed by atoms with Gasteiger partial charge in [-0.1, -0.05) is 19.3 Å². The highest BCUT2D eigenvalue weighted by Gasteiger charge is 2.57. The second-order valence-electron chi connectivity index (χ2n) is 4.78. The molecule has 1 atom stereocenters. The van der Waals surface area contributed by atoms with Gasteiger partial charge >= 0.3 is 5.97 Å². The highest BCUT2D eigenvalue weighted by Crippen LogP contribution is 2.50. The Hall–Kier alpha value is -0.220. The van der Waals surface area contributed by atoms with Crippen LogP contribution in [0.15, 0.2) is 0 Å². The molecule has 1 heterocycles. The third-order valence-corrected chi connectivity index (χ3v) is 5.18. The van der Waals surface area contributed by atoms with Crippen LogP contribution in [0.3, 0.4) is 0 Å². The molecule has 1 saturated heterocycles. The van der Waals surface area contributed by atoms with Crippen LogP contribution in [0.5, 0.6) is 0 Å². The molecule has 0 aromatic carbocycles. The molecule has 0 amide bonds. The first kappa shape index (κ1) is 11.3. The predicted octanol–water partition coefficient (Wildman–Crippen LogP) is 1.89. The molecule has 0 bridgehead atoms. The third kappa shape index (κ3) is 1.68. The van der Waals surface area contributed by atoms with Crippen molar-refractivity contribution >= 4 is 17.7 Å². The summed E-state index contributed by atoms with van der Waals surface area (Å²) in [4.78, 5) is 11.5. The van der Waals surface area contributed by atoms with Gasteiger partial charge in [-0.05, 0) is 25.0 Å². The summed E-state index contributed by atoms with van der Waals surface area (Å²) in [5, 5.41) is 20.0. The third-order valence-electron chi connectivity index (χ3n) is 4.01. The minimum atomic E-state index is -0.954. The molecule has 0 aromatic rings. The Balaban J connectivity index is 2.28. The van der Waals surface area contributed by atoms with Gasteiger partial charge in [-0.3, -0.25) is 4.79 Å². The van der Waals surface area contributed by atoms with Crippen LogP contribution in [0.4, 0.5) is 0 Å². The van der Waals surface area contributed by atoms with Crippen LogP contribution < -0.4 is 0 Å². The number of carboxylic acids is 1. The molecule has 2 fully saturated rings. The van der Waals surface area contributed by atoms with Crippen molar-refractivity contribution in [1.29, 1.82) is 0 Å². The lowest BCUT2D eigenvalue weighted by atomic mass is 9.63. The molecule has 1 aliphatic heterocycles. The Morgan fingerprint density at radius 3 is 2.27 bits per heavy atom. The molecule has 1 saturated carbocycles. The lowest BCUT2D eigenvalue weighted by Gasteiger charge is -2.44. The van der Waals surface area contributed by atoms with E-state index in [2.05, 4.69) is 0 Å². The van der Waals surface area contributed by atoms with Crippen molar-refractivity contribution in [3.05, 3.63) is 0 Å². The zero-order chi connectivity index (χ0) is 10.9. The molecule has 86 valence electrons. The molecule has 4 heteroatoms. The first-order valence-corrected chi connectivity index (χ1v) is 6.80. The first-order valence-electron chi connectivity index (χ1n) is 5.64. The molecule has 1 unspecified atom stereocenters. The molecule has 1 aliphatic carbocycles. The van der Waals surface area contributed by atoms with Crippen molar-refractivity contribution in [2.75, 3.05) is 11.5 Å². The monoisotopic (exact) mass is 230 g/mol. The SMILES string of the molecule is O=C(O)C1(C2(O)CCSC2)CCCCC1. The molecule has 0 radical (unpaired) electrons. The Bertz CT molecular complexity index is 253. The van der Waals surface area contributed by atoms with Crippen molar-refractivity contribution in [2.24, 2.45) is 5.41 Å². The standard InChI is InChI=1S/C11H18O3S/c12-9(13)10(4-2-1-3-5-10)11(14)6-7-15-8-11/h14H,1-8H2,(H,12,13). The van der Waals surface area contributed by atoms with Crippen LogP contribution in [0.2, 0.25) is 0 Å². The molecular weight excluding hydrogens is 212 g/mol. The average molecular weight is 230 g/mol. The lowest BCUT2D eigenvalue weighted by Crippen LogP contribution is -2.54. The molecule has 0 aromatic heterocycles. The van der Waals surface area contributed by atoms with Gasteiger partial charge in [0.25, 0.3) is 0 Å². The Kier molecular flexibility index (Phi) is 2.99. The average Bonchev–Trinajstić information content (AvgIpc) is 2.67. The van der Waals surface area contributed by atoms with Crippen molar-refractivity contribution in [1.82, 2.24) is 0 Å². The van der Waals surface area contributed by atoms with E-state index in [0.29, 0.717) is 25.0 Å². The molecule has 15 heavy (non-hydrogen) atoms. The fraction of sp³-hybridized carbons (Fsp3) is 0.909. The fourth-order valence-electron chi connectivity index (χ4n) is 2.97. The van der Waals surface area contributed by atoms with E-state index in [1.807, 2.05) is 0 Å². The summed E-state index contributed by atoms with van der Waals surface area (Å²) in [5.74, 6) is 0.706. The van der Waals surface area contributed by atoms with Crippen LogP contribution in [0, 0.1) is 5.41 Å². The second kappa shape index (κ2) is 3.98. The van der Waals surface area contributed by atoms with Crippen molar-refractivity contribution in [2.45, 2.75) is 44.1 Å². The number of rotatable bonds is 2.